The van der Waals surface area contributed by atoms with E-state index >= 15 is 0 Å². The maximum Gasteiger partial charge on any atom is 0.330 e. The molecule has 0 radical (unpaired) electrons. The van der Waals surface area contributed by atoms with E-state index in [0.717, 1.165) is 34.3 Å². The minimum Gasteiger partial charge on any atom is -0.286 e. The fraction of sp³-hybridized carbons (Fsp3) is 0.172. The molecule has 5 aromatic rings. The summed E-state index contributed by atoms with van der Waals surface area (Å²) < 4.78 is 31.4. The number of halogens is 2. The zero-order valence-electron chi connectivity index (χ0n) is 19.4. The maximum absolute atomic E-state index is 14.2. The van der Waals surface area contributed by atoms with E-state index in [1.165, 1.54) is 24.3 Å². The number of hydrogen-bond donors (Lipinski definition) is 0. The summed E-state index contributed by atoms with van der Waals surface area (Å²) in [6.07, 6.45) is 3.00. The molecular formula is C29H25F2N3O. The second kappa shape index (κ2) is 9.29. The van der Waals surface area contributed by atoms with Crippen LogP contribution in [0.15, 0.2) is 102 Å². The molecule has 0 aliphatic heterocycles. The monoisotopic (exact) mass is 469 g/mol. The number of fused-ring (bicyclic) bond motifs is 1. The average Bonchev–Trinajstić information content (AvgIpc) is 3.16. The number of nitrogens with zero attached hydrogens (tertiary/aromatic N) is 3. The van der Waals surface area contributed by atoms with E-state index in [4.69, 9.17) is 0 Å². The van der Waals surface area contributed by atoms with Gasteiger partial charge >= 0.3 is 5.69 Å². The molecule has 0 unspecified atom stereocenters. The van der Waals surface area contributed by atoms with E-state index in [1.54, 1.807) is 39.6 Å². The van der Waals surface area contributed by atoms with Gasteiger partial charge in [0.25, 0.3) is 0 Å². The lowest BCUT2D eigenvalue weighted by atomic mass is 9.78. The Morgan fingerprint density at radius 3 is 1.89 bits per heavy atom. The van der Waals surface area contributed by atoms with Crippen molar-refractivity contribution in [1.29, 1.82) is 0 Å². The number of imidazole rings is 1. The van der Waals surface area contributed by atoms with E-state index in [-0.39, 0.29) is 17.3 Å². The highest BCUT2D eigenvalue weighted by atomic mass is 19.1. The zero-order valence-corrected chi connectivity index (χ0v) is 19.4. The standard InChI is InChI=1S/C29H25F2N3O/c1-2-18-29(21-10-14-23(30)15-11-21,22-12-16-24(31)17-13-22)34-27-9-4-3-8-26(27)33(28(34)35)20-25-7-5-6-19-32-25/h3-17,19H,2,18,20H2,1H3. The number of benzene rings is 3. The smallest absolute Gasteiger partial charge is 0.286 e. The van der Waals surface area contributed by atoms with Gasteiger partial charge in [-0.05, 0) is 66.1 Å². The minimum atomic E-state index is -0.970. The Labute approximate surface area is 202 Å². The maximum atomic E-state index is 14.2. The van der Waals surface area contributed by atoms with Crippen LogP contribution in [0.3, 0.4) is 0 Å². The quantitative estimate of drug-likeness (QED) is 0.288. The number of rotatable bonds is 7. The third kappa shape index (κ3) is 3.95. The molecule has 176 valence electrons. The van der Waals surface area contributed by atoms with E-state index in [9.17, 15) is 13.6 Å². The first-order valence-corrected chi connectivity index (χ1v) is 11.7. The minimum absolute atomic E-state index is 0.209. The van der Waals surface area contributed by atoms with Crippen LogP contribution in [0.5, 0.6) is 0 Å². The molecule has 0 N–H and O–H groups in total. The predicted octanol–water partition coefficient (Wildman–Crippen LogP) is 6.12. The van der Waals surface area contributed by atoms with Crippen molar-refractivity contribution in [2.75, 3.05) is 0 Å². The molecule has 0 saturated heterocycles. The van der Waals surface area contributed by atoms with Crippen LogP contribution in [0.25, 0.3) is 11.0 Å². The molecule has 0 amide bonds. The normalized spacial score (nSPS) is 11.7. The second-order valence-corrected chi connectivity index (χ2v) is 8.64. The molecule has 0 aliphatic rings. The summed E-state index contributed by atoms with van der Waals surface area (Å²) >= 11 is 0. The summed E-state index contributed by atoms with van der Waals surface area (Å²) in [5.74, 6) is -0.716. The second-order valence-electron chi connectivity index (χ2n) is 8.64. The molecule has 0 spiro atoms. The van der Waals surface area contributed by atoms with Gasteiger partial charge in [-0.3, -0.25) is 14.1 Å². The molecule has 5 rings (SSSR count). The first-order valence-electron chi connectivity index (χ1n) is 11.7. The zero-order chi connectivity index (χ0) is 24.4. The highest BCUT2D eigenvalue weighted by Crippen LogP contribution is 2.40. The first kappa shape index (κ1) is 22.7. The third-order valence-electron chi connectivity index (χ3n) is 6.52. The molecule has 0 atom stereocenters. The predicted molar refractivity (Wildman–Crippen MR) is 133 cm³/mol. The largest absolute Gasteiger partial charge is 0.330 e. The lowest BCUT2D eigenvalue weighted by Gasteiger charge is -2.36. The summed E-state index contributed by atoms with van der Waals surface area (Å²) in [6, 6.07) is 25.7. The van der Waals surface area contributed by atoms with Crippen molar-refractivity contribution in [3.63, 3.8) is 0 Å². The molecule has 3 aromatic carbocycles. The summed E-state index contributed by atoms with van der Waals surface area (Å²) in [6.45, 7) is 2.35. The molecule has 0 bridgehead atoms. The molecule has 4 nitrogen and oxygen atoms in total. The van der Waals surface area contributed by atoms with Crippen LogP contribution >= 0.6 is 0 Å². The van der Waals surface area contributed by atoms with E-state index in [0.29, 0.717) is 13.0 Å². The third-order valence-corrected chi connectivity index (χ3v) is 6.52. The Bertz CT molecular complexity index is 1460. The van der Waals surface area contributed by atoms with Crippen molar-refractivity contribution in [2.24, 2.45) is 0 Å². The van der Waals surface area contributed by atoms with Crippen LogP contribution in [-0.4, -0.2) is 14.1 Å². The number of aromatic nitrogens is 3. The Kier molecular flexibility index (Phi) is 6.03. The Morgan fingerprint density at radius 2 is 1.34 bits per heavy atom. The summed E-state index contributed by atoms with van der Waals surface area (Å²) in [4.78, 5) is 18.7. The van der Waals surface area contributed by atoms with Crippen LogP contribution in [0, 0.1) is 11.6 Å². The van der Waals surface area contributed by atoms with Crippen molar-refractivity contribution in [1.82, 2.24) is 14.1 Å². The van der Waals surface area contributed by atoms with Gasteiger partial charge in [0.2, 0.25) is 0 Å². The van der Waals surface area contributed by atoms with E-state index in [2.05, 4.69) is 4.98 Å². The van der Waals surface area contributed by atoms with Gasteiger partial charge in [-0.25, -0.2) is 13.6 Å². The highest BCUT2D eigenvalue weighted by molar-refractivity contribution is 5.77. The van der Waals surface area contributed by atoms with Crippen molar-refractivity contribution < 1.29 is 8.78 Å². The molecule has 0 fully saturated rings. The van der Waals surface area contributed by atoms with Crippen LogP contribution in [0.2, 0.25) is 0 Å². The van der Waals surface area contributed by atoms with Gasteiger partial charge in [0, 0.05) is 6.20 Å². The number of pyridine rings is 1. The highest BCUT2D eigenvalue weighted by Gasteiger charge is 2.39. The Hall–Kier alpha value is -4.06. The Balaban J connectivity index is 1.86. The van der Waals surface area contributed by atoms with Crippen molar-refractivity contribution in [3.05, 3.63) is 136 Å². The van der Waals surface area contributed by atoms with Crippen molar-refractivity contribution in [3.8, 4) is 0 Å². The average molecular weight is 470 g/mol. The van der Waals surface area contributed by atoms with Gasteiger partial charge in [0.15, 0.2) is 0 Å². The van der Waals surface area contributed by atoms with E-state index in [1.807, 2.05) is 49.4 Å². The molecule has 0 aliphatic carbocycles. The summed E-state index contributed by atoms with van der Waals surface area (Å²) in [5.41, 5.74) is 2.62. The summed E-state index contributed by atoms with van der Waals surface area (Å²) in [5, 5.41) is 0. The van der Waals surface area contributed by atoms with Gasteiger partial charge in [0.1, 0.15) is 17.2 Å². The van der Waals surface area contributed by atoms with Gasteiger partial charge in [0.05, 0.1) is 23.3 Å². The summed E-state index contributed by atoms with van der Waals surface area (Å²) in [7, 11) is 0. The van der Waals surface area contributed by atoms with Crippen LogP contribution in [-0.2, 0) is 12.1 Å². The fourth-order valence-electron chi connectivity index (χ4n) is 5.02. The van der Waals surface area contributed by atoms with Crippen LogP contribution in [0.1, 0.15) is 36.6 Å². The van der Waals surface area contributed by atoms with Gasteiger partial charge < -0.3 is 0 Å². The molecule has 35 heavy (non-hydrogen) atoms. The number of para-hydroxylation sites is 2. The molecule has 6 heteroatoms. The van der Waals surface area contributed by atoms with Gasteiger partial charge in [-0.15, -0.1) is 0 Å². The van der Waals surface area contributed by atoms with Crippen molar-refractivity contribution in [2.45, 2.75) is 31.8 Å². The molecule has 2 aromatic heterocycles. The number of hydrogen-bond acceptors (Lipinski definition) is 2. The molecular weight excluding hydrogens is 444 g/mol. The molecule has 0 saturated carbocycles. The van der Waals surface area contributed by atoms with Crippen LogP contribution < -0.4 is 5.69 Å². The lowest BCUT2D eigenvalue weighted by molar-refractivity contribution is 0.387. The van der Waals surface area contributed by atoms with Crippen LogP contribution in [0.4, 0.5) is 8.78 Å². The fourth-order valence-corrected chi connectivity index (χ4v) is 5.02. The molecule has 2 heterocycles. The topological polar surface area (TPSA) is 39.8 Å². The van der Waals surface area contributed by atoms with Crippen molar-refractivity contribution >= 4 is 11.0 Å². The first-order chi connectivity index (χ1) is 17.0. The SMILES string of the molecule is CCCC(c1ccc(F)cc1)(c1ccc(F)cc1)n1c(=O)n(Cc2ccccn2)c2ccccc21. The van der Waals surface area contributed by atoms with E-state index < -0.39 is 5.54 Å². The Morgan fingerprint density at radius 1 is 0.771 bits per heavy atom. The van der Waals surface area contributed by atoms with Gasteiger partial charge in [-0.2, -0.15) is 0 Å². The lowest BCUT2D eigenvalue weighted by Crippen LogP contribution is -2.43. The van der Waals surface area contributed by atoms with Gasteiger partial charge in [-0.1, -0.05) is 55.8 Å².